The van der Waals surface area contributed by atoms with Crippen LogP contribution in [0.2, 0.25) is 0 Å². The maximum absolute atomic E-state index is 11.9. The Labute approximate surface area is 138 Å². The smallest absolute Gasteiger partial charge is 0.383 e. The van der Waals surface area contributed by atoms with Crippen LogP contribution in [0.3, 0.4) is 0 Å². The fraction of sp³-hybridized carbons (Fsp3) is 0.353. The predicted molar refractivity (Wildman–Crippen MR) is 87.7 cm³/mol. The first-order valence-corrected chi connectivity index (χ1v) is 7.40. The molecule has 0 bridgehead atoms. The van der Waals surface area contributed by atoms with Crippen molar-refractivity contribution in [2.75, 3.05) is 19.8 Å². The molecule has 1 aromatic heterocycles. The van der Waals surface area contributed by atoms with E-state index in [0.29, 0.717) is 5.75 Å². The van der Waals surface area contributed by atoms with Gasteiger partial charge in [-0.25, -0.2) is 4.79 Å². The second-order valence-corrected chi connectivity index (χ2v) is 5.47. The van der Waals surface area contributed by atoms with Gasteiger partial charge in [-0.1, -0.05) is 5.57 Å². The summed E-state index contributed by atoms with van der Waals surface area (Å²) in [7, 11) is 0. The monoisotopic (exact) mass is 336 g/mol. The SMILES string of the molecule is CC(C)=CCOc1c(O)c2cc(OCC(O)CO)ccc2oc1=O. The van der Waals surface area contributed by atoms with Crippen molar-refractivity contribution in [2.45, 2.75) is 20.0 Å². The molecule has 2 aromatic rings. The van der Waals surface area contributed by atoms with Gasteiger partial charge in [0.2, 0.25) is 5.75 Å². The molecule has 0 radical (unpaired) electrons. The van der Waals surface area contributed by atoms with Gasteiger partial charge in [-0.15, -0.1) is 0 Å². The molecule has 0 aliphatic rings. The molecule has 0 aliphatic carbocycles. The Kier molecular flexibility index (Phi) is 5.83. The number of aliphatic hydroxyl groups excluding tert-OH is 2. The third-order valence-electron chi connectivity index (χ3n) is 3.18. The first-order valence-electron chi connectivity index (χ1n) is 7.40. The molecule has 7 heteroatoms. The number of hydrogen-bond acceptors (Lipinski definition) is 7. The van der Waals surface area contributed by atoms with Crippen LogP contribution in [0.1, 0.15) is 13.8 Å². The van der Waals surface area contributed by atoms with Crippen molar-refractivity contribution in [2.24, 2.45) is 0 Å². The highest BCUT2D eigenvalue weighted by molar-refractivity contribution is 5.86. The second kappa shape index (κ2) is 7.85. The van der Waals surface area contributed by atoms with Crippen molar-refractivity contribution in [3.63, 3.8) is 0 Å². The van der Waals surface area contributed by atoms with Crippen molar-refractivity contribution >= 4 is 11.0 Å². The minimum atomic E-state index is -1.01. The van der Waals surface area contributed by atoms with Crippen molar-refractivity contribution in [1.29, 1.82) is 0 Å². The van der Waals surface area contributed by atoms with Gasteiger partial charge in [-0.2, -0.15) is 0 Å². The van der Waals surface area contributed by atoms with E-state index in [9.17, 15) is 15.0 Å². The maximum atomic E-state index is 11.9. The number of aliphatic hydroxyl groups is 2. The molecule has 0 saturated carbocycles. The van der Waals surface area contributed by atoms with Gasteiger partial charge < -0.3 is 29.2 Å². The molecule has 0 amide bonds. The van der Waals surface area contributed by atoms with Gasteiger partial charge in [0.15, 0.2) is 5.75 Å². The van der Waals surface area contributed by atoms with Crippen LogP contribution < -0.4 is 15.1 Å². The van der Waals surface area contributed by atoms with Gasteiger partial charge in [0, 0.05) is 0 Å². The van der Waals surface area contributed by atoms with Crippen LogP contribution in [0.5, 0.6) is 17.2 Å². The summed E-state index contributed by atoms with van der Waals surface area (Å²) in [5, 5.41) is 28.6. The molecule has 2 rings (SSSR count). The van der Waals surface area contributed by atoms with E-state index in [2.05, 4.69) is 0 Å². The van der Waals surface area contributed by atoms with Crippen molar-refractivity contribution in [3.05, 3.63) is 40.3 Å². The first kappa shape index (κ1) is 17.8. The Morgan fingerprint density at radius 2 is 2.08 bits per heavy atom. The molecule has 1 aromatic carbocycles. The molecule has 0 spiro atoms. The molecule has 0 aliphatic heterocycles. The van der Waals surface area contributed by atoms with Gasteiger partial charge in [0.05, 0.1) is 12.0 Å². The average molecular weight is 336 g/mol. The lowest BCUT2D eigenvalue weighted by molar-refractivity contribution is 0.0536. The number of rotatable bonds is 7. The van der Waals surface area contributed by atoms with Gasteiger partial charge in [0.25, 0.3) is 0 Å². The Morgan fingerprint density at radius 1 is 1.33 bits per heavy atom. The average Bonchev–Trinajstić information content (AvgIpc) is 2.55. The Bertz CT molecular complexity index is 787. The van der Waals surface area contributed by atoms with Gasteiger partial charge >= 0.3 is 5.63 Å². The molecule has 1 atom stereocenters. The first-order chi connectivity index (χ1) is 11.4. The molecular formula is C17H20O7. The third-order valence-corrected chi connectivity index (χ3v) is 3.18. The van der Waals surface area contributed by atoms with Crippen LogP contribution in [0.25, 0.3) is 11.0 Å². The fourth-order valence-corrected chi connectivity index (χ4v) is 1.90. The molecule has 0 fully saturated rings. The summed E-state index contributed by atoms with van der Waals surface area (Å²) in [5.74, 6) is -0.265. The number of fused-ring (bicyclic) bond motifs is 1. The molecule has 3 N–H and O–H groups in total. The number of allylic oxidation sites excluding steroid dienone is 1. The van der Waals surface area contributed by atoms with Crippen LogP contribution in [-0.4, -0.2) is 41.2 Å². The van der Waals surface area contributed by atoms with E-state index in [1.165, 1.54) is 18.2 Å². The maximum Gasteiger partial charge on any atom is 0.383 e. The fourth-order valence-electron chi connectivity index (χ4n) is 1.90. The molecule has 1 unspecified atom stereocenters. The lowest BCUT2D eigenvalue weighted by Gasteiger charge is -2.11. The molecular weight excluding hydrogens is 316 g/mol. The number of ether oxygens (including phenoxy) is 2. The number of hydrogen-bond donors (Lipinski definition) is 3. The zero-order valence-corrected chi connectivity index (χ0v) is 13.5. The largest absolute Gasteiger partial charge is 0.504 e. The summed E-state index contributed by atoms with van der Waals surface area (Å²) >= 11 is 0. The minimum Gasteiger partial charge on any atom is -0.504 e. The number of aromatic hydroxyl groups is 1. The minimum absolute atomic E-state index is 0.108. The van der Waals surface area contributed by atoms with Crippen molar-refractivity contribution < 1.29 is 29.2 Å². The summed E-state index contributed by atoms with van der Waals surface area (Å²) in [6, 6.07) is 4.46. The van der Waals surface area contributed by atoms with E-state index in [-0.39, 0.29) is 35.7 Å². The summed E-state index contributed by atoms with van der Waals surface area (Å²) in [6.07, 6.45) is 0.754. The van der Waals surface area contributed by atoms with Gasteiger partial charge in [0.1, 0.15) is 30.7 Å². The van der Waals surface area contributed by atoms with E-state index in [4.69, 9.17) is 19.0 Å². The topological polar surface area (TPSA) is 109 Å². The summed E-state index contributed by atoms with van der Waals surface area (Å²) < 4.78 is 15.7. The molecule has 7 nitrogen and oxygen atoms in total. The molecule has 130 valence electrons. The molecule has 1 heterocycles. The van der Waals surface area contributed by atoms with Gasteiger partial charge in [-0.05, 0) is 38.1 Å². The summed E-state index contributed by atoms with van der Waals surface area (Å²) in [6.45, 7) is 3.37. The predicted octanol–water partition coefficient (Wildman–Crippen LogP) is 1.58. The van der Waals surface area contributed by atoms with Crippen molar-refractivity contribution in [1.82, 2.24) is 0 Å². The lowest BCUT2D eigenvalue weighted by Crippen LogP contribution is -2.21. The van der Waals surface area contributed by atoms with Crippen LogP contribution in [0.15, 0.2) is 39.1 Å². The zero-order valence-electron chi connectivity index (χ0n) is 13.5. The Balaban J connectivity index is 2.32. The lowest BCUT2D eigenvalue weighted by atomic mass is 10.2. The van der Waals surface area contributed by atoms with E-state index < -0.39 is 18.3 Å². The van der Waals surface area contributed by atoms with Crippen LogP contribution in [0.4, 0.5) is 0 Å². The second-order valence-electron chi connectivity index (χ2n) is 5.47. The highest BCUT2D eigenvalue weighted by Gasteiger charge is 2.16. The third kappa shape index (κ3) is 4.27. The molecule has 0 saturated heterocycles. The zero-order chi connectivity index (χ0) is 17.7. The summed E-state index contributed by atoms with van der Waals surface area (Å²) in [5.41, 5.74) is 0.423. The summed E-state index contributed by atoms with van der Waals surface area (Å²) in [4.78, 5) is 11.9. The Morgan fingerprint density at radius 3 is 2.75 bits per heavy atom. The van der Waals surface area contributed by atoms with Crippen LogP contribution in [-0.2, 0) is 0 Å². The van der Waals surface area contributed by atoms with E-state index >= 15 is 0 Å². The van der Waals surface area contributed by atoms with Crippen LogP contribution in [0, 0.1) is 0 Å². The van der Waals surface area contributed by atoms with E-state index in [1.807, 2.05) is 13.8 Å². The Hall–Kier alpha value is -2.51. The van der Waals surface area contributed by atoms with E-state index in [1.54, 1.807) is 6.08 Å². The quantitative estimate of drug-likeness (QED) is 0.520. The van der Waals surface area contributed by atoms with Gasteiger partial charge in [-0.3, -0.25) is 0 Å². The molecule has 24 heavy (non-hydrogen) atoms. The normalized spacial score (nSPS) is 12.0. The van der Waals surface area contributed by atoms with Crippen LogP contribution >= 0.6 is 0 Å². The highest BCUT2D eigenvalue weighted by Crippen LogP contribution is 2.33. The van der Waals surface area contributed by atoms with E-state index in [0.717, 1.165) is 5.57 Å². The highest BCUT2D eigenvalue weighted by atomic mass is 16.5. The number of benzene rings is 1. The van der Waals surface area contributed by atoms with Crippen molar-refractivity contribution in [3.8, 4) is 17.2 Å². The standard InChI is InChI=1S/C17H20O7/c1-10(2)5-6-22-16-15(20)13-7-12(23-9-11(19)8-18)3-4-14(13)24-17(16)21/h3-5,7,11,18-20H,6,8-9H2,1-2H3.